The van der Waals surface area contributed by atoms with Crippen LogP contribution in [0.4, 0.5) is 39.5 Å². The molecular formula is C38H41F9O5. The predicted octanol–water partition coefficient (Wildman–Crippen LogP) is 11.9. The summed E-state index contributed by atoms with van der Waals surface area (Å²) >= 11 is 0. The number of benzene rings is 3. The Kier molecular flexibility index (Phi) is 15.0. The number of ether oxygens (including phenoxy) is 3. The van der Waals surface area contributed by atoms with Crippen LogP contribution in [0.2, 0.25) is 0 Å². The molecule has 0 aliphatic heterocycles. The second kappa shape index (κ2) is 18.5. The van der Waals surface area contributed by atoms with E-state index in [9.17, 15) is 49.1 Å². The molecule has 52 heavy (non-hydrogen) atoms. The van der Waals surface area contributed by atoms with E-state index >= 15 is 0 Å². The third kappa shape index (κ3) is 11.4. The van der Waals surface area contributed by atoms with Crippen LogP contribution in [0.5, 0.6) is 11.5 Å². The van der Waals surface area contributed by atoms with Crippen LogP contribution in [-0.4, -0.2) is 48.6 Å². The van der Waals surface area contributed by atoms with E-state index in [1.807, 2.05) is 24.3 Å². The molecule has 3 rings (SSSR count). The van der Waals surface area contributed by atoms with Crippen LogP contribution in [0.3, 0.4) is 0 Å². The van der Waals surface area contributed by atoms with Crippen molar-refractivity contribution < 1.29 is 63.3 Å². The van der Waals surface area contributed by atoms with Gasteiger partial charge >= 0.3 is 35.9 Å². The first kappa shape index (κ1) is 42.2. The molecule has 3 aromatic carbocycles. The van der Waals surface area contributed by atoms with E-state index in [1.165, 1.54) is 50.7 Å². The van der Waals surface area contributed by atoms with Gasteiger partial charge in [-0.3, -0.25) is 0 Å². The monoisotopic (exact) mass is 748 g/mol. The molecule has 0 aliphatic carbocycles. The molecule has 3 aromatic rings. The molecule has 14 heteroatoms. The van der Waals surface area contributed by atoms with Crippen LogP contribution in [0.1, 0.15) is 98.8 Å². The Morgan fingerprint density at radius 1 is 0.596 bits per heavy atom. The molecule has 286 valence electrons. The highest BCUT2D eigenvalue weighted by molar-refractivity contribution is 5.94. The maximum absolute atomic E-state index is 13.8. The smallest absolute Gasteiger partial charge is 0.460 e. The Balaban J connectivity index is 1.45. The fourth-order valence-electron chi connectivity index (χ4n) is 5.05. The Hall–Kier alpha value is -4.23. The van der Waals surface area contributed by atoms with Crippen LogP contribution < -0.4 is 9.47 Å². The lowest BCUT2D eigenvalue weighted by atomic mass is 9.98. The van der Waals surface area contributed by atoms with Crippen LogP contribution in [0, 0.1) is 0 Å². The first-order chi connectivity index (χ1) is 24.4. The van der Waals surface area contributed by atoms with Crippen molar-refractivity contribution >= 4 is 11.9 Å². The number of rotatable bonds is 20. The van der Waals surface area contributed by atoms with E-state index in [4.69, 9.17) is 14.2 Å². The number of halogens is 9. The number of hydrogen-bond acceptors (Lipinski definition) is 5. The molecule has 0 aliphatic rings. The standard InChI is InChI=1S/C38H41F9O5/c1-3-4-5-6-7-8-9-10-25-50-31-19-15-27(16-20-31)28-17-21-32(22-18-28)52-34(49)30-13-11-29(12-14-30)33(48)51-26(2)23-24-35(39,40)36(41,42)37(43,44)38(45,46)47/h11-22,26H,3-10,23-25H2,1-2H3. The Labute approximate surface area is 296 Å². The van der Waals surface area contributed by atoms with Crippen molar-refractivity contribution in [1.82, 2.24) is 0 Å². The van der Waals surface area contributed by atoms with Gasteiger partial charge in [-0.2, -0.15) is 39.5 Å². The molecular weight excluding hydrogens is 707 g/mol. The molecule has 0 bridgehead atoms. The topological polar surface area (TPSA) is 61.8 Å². The Morgan fingerprint density at radius 2 is 1.06 bits per heavy atom. The molecule has 5 nitrogen and oxygen atoms in total. The van der Waals surface area contributed by atoms with Gasteiger partial charge in [0.2, 0.25) is 0 Å². The zero-order chi connectivity index (χ0) is 38.6. The minimum absolute atomic E-state index is 0.0173. The quantitative estimate of drug-likeness (QED) is 0.0498. The number of unbranched alkanes of at least 4 members (excludes halogenated alkanes) is 7. The van der Waals surface area contributed by atoms with Gasteiger partial charge in [0.05, 0.1) is 23.8 Å². The summed E-state index contributed by atoms with van der Waals surface area (Å²) in [5.74, 6) is -20.4. The lowest BCUT2D eigenvalue weighted by molar-refractivity contribution is -0.397. The highest BCUT2D eigenvalue weighted by Gasteiger charge is 2.81. The summed E-state index contributed by atoms with van der Waals surface area (Å²) in [5, 5.41) is 0. The fraction of sp³-hybridized carbons (Fsp3) is 0.474. The molecule has 1 unspecified atom stereocenters. The van der Waals surface area contributed by atoms with E-state index < -0.39 is 54.8 Å². The van der Waals surface area contributed by atoms with Gasteiger partial charge < -0.3 is 14.2 Å². The van der Waals surface area contributed by atoms with E-state index in [2.05, 4.69) is 6.92 Å². The zero-order valence-corrected chi connectivity index (χ0v) is 28.7. The highest BCUT2D eigenvalue weighted by atomic mass is 19.4. The summed E-state index contributed by atoms with van der Waals surface area (Å²) < 4.78 is 134. The molecule has 0 fully saturated rings. The van der Waals surface area contributed by atoms with Crippen molar-refractivity contribution in [2.75, 3.05) is 6.61 Å². The summed E-state index contributed by atoms with van der Waals surface area (Å²) in [4.78, 5) is 25.0. The normalized spacial score (nSPS) is 13.1. The molecule has 0 heterocycles. The number of hydrogen-bond donors (Lipinski definition) is 0. The second-order valence-electron chi connectivity index (χ2n) is 12.4. The SMILES string of the molecule is CCCCCCCCCCOc1ccc(-c2ccc(OC(=O)c3ccc(C(=O)OC(C)CCC(F)(F)C(F)(F)C(F)(F)C(F)(F)F)cc3)cc2)cc1. The summed E-state index contributed by atoms with van der Waals surface area (Å²) in [6.45, 7) is 3.83. The first-order valence-electron chi connectivity index (χ1n) is 17.0. The van der Waals surface area contributed by atoms with Crippen molar-refractivity contribution in [3.63, 3.8) is 0 Å². The van der Waals surface area contributed by atoms with E-state index in [1.54, 1.807) is 24.3 Å². The molecule has 0 saturated carbocycles. The van der Waals surface area contributed by atoms with Gasteiger partial charge in [0.15, 0.2) is 0 Å². The van der Waals surface area contributed by atoms with Crippen LogP contribution in [0.15, 0.2) is 72.8 Å². The first-order valence-corrected chi connectivity index (χ1v) is 17.0. The lowest BCUT2D eigenvalue weighted by Crippen LogP contribution is -2.60. The van der Waals surface area contributed by atoms with Crippen LogP contribution >= 0.6 is 0 Å². The molecule has 0 amide bonds. The predicted molar refractivity (Wildman–Crippen MR) is 176 cm³/mol. The third-order valence-electron chi connectivity index (χ3n) is 8.26. The maximum Gasteiger partial charge on any atom is 0.460 e. The van der Waals surface area contributed by atoms with Crippen molar-refractivity contribution in [1.29, 1.82) is 0 Å². The third-order valence-corrected chi connectivity index (χ3v) is 8.26. The van der Waals surface area contributed by atoms with E-state index in [-0.39, 0.29) is 16.9 Å². The van der Waals surface area contributed by atoms with Gasteiger partial charge in [-0.1, -0.05) is 76.1 Å². The molecule has 0 spiro atoms. The Morgan fingerprint density at radius 3 is 1.56 bits per heavy atom. The van der Waals surface area contributed by atoms with Crippen molar-refractivity contribution in [2.45, 2.75) is 108 Å². The van der Waals surface area contributed by atoms with Crippen LogP contribution in [0.25, 0.3) is 11.1 Å². The number of carbonyl (C=O) groups is 2. The van der Waals surface area contributed by atoms with Crippen molar-refractivity contribution in [2.24, 2.45) is 0 Å². The van der Waals surface area contributed by atoms with Gasteiger partial charge in [-0.15, -0.1) is 0 Å². The van der Waals surface area contributed by atoms with Gasteiger partial charge in [-0.25, -0.2) is 9.59 Å². The number of carbonyl (C=O) groups excluding carboxylic acids is 2. The summed E-state index contributed by atoms with van der Waals surface area (Å²) in [5.41, 5.74) is 1.61. The highest BCUT2D eigenvalue weighted by Crippen LogP contribution is 2.54. The second-order valence-corrected chi connectivity index (χ2v) is 12.4. The van der Waals surface area contributed by atoms with Crippen molar-refractivity contribution in [3.05, 3.63) is 83.9 Å². The molecule has 0 saturated heterocycles. The maximum atomic E-state index is 13.8. The molecule has 0 aromatic heterocycles. The Bertz CT molecular complexity index is 1560. The average molecular weight is 749 g/mol. The number of esters is 2. The van der Waals surface area contributed by atoms with Gasteiger partial charge in [0.1, 0.15) is 11.5 Å². The van der Waals surface area contributed by atoms with Crippen LogP contribution in [-0.2, 0) is 4.74 Å². The van der Waals surface area contributed by atoms with Gasteiger partial charge in [0.25, 0.3) is 0 Å². The molecule has 0 N–H and O–H groups in total. The zero-order valence-electron chi connectivity index (χ0n) is 28.7. The number of alkyl halides is 9. The summed E-state index contributed by atoms with van der Waals surface area (Å²) in [6.07, 6.45) is -2.04. The summed E-state index contributed by atoms with van der Waals surface area (Å²) in [7, 11) is 0. The molecule has 1 atom stereocenters. The van der Waals surface area contributed by atoms with Gasteiger partial charge in [-0.05, 0) is 79.4 Å². The largest absolute Gasteiger partial charge is 0.494 e. The minimum Gasteiger partial charge on any atom is -0.494 e. The lowest BCUT2D eigenvalue weighted by Gasteiger charge is -2.34. The minimum atomic E-state index is -7.00. The average Bonchev–Trinajstić information content (AvgIpc) is 3.10. The van der Waals surface area contributed by atoms with Crippen molar-refractivity contribution in [3.8, 4) is 22.6 Å². The fourth-order valence-corrected chi connectivity index (χ4v) is 5.05. The van der Waals surface area contributed by atoms with E-state index in [0.29, 0.717) is 6.61 Å². The molecule has 0 radical (unpaired) electrons. The van der Waals surface area contributed by atoms with E-state index in [0.717, 1.165) is 48.8 Å². The van der Waals surface area contributed by atoms with Gasteiger partial charge in [0, 0.05) is 6.42 Å². The summed E-state index contributed by atoms with van der Waals surface area (Å²) in [6, 6.07) is 19.0.